The molecule has 0 N–H and O–H groups in total. The summed E-state index contributed by atoms with van der Waals surface area (Å²) in [5.41, 5.74) is 6.62. The molecule has 0 spiro atoms. The normalized spacial score (nSPS) is 15.5. The lowest BCUT2D eigenvalue weighted by molar-refractivity contribution is 0.670. The second-order valence-electron chi connectivity index (χ2n) is 15.4. The van der Waals surface area contributed by atoms with Gasteiger partial charge in [-0.15, -0.1) is 0 Å². The van der Waals surface area contributed by atoms with Crippen LogP contribution in [0.25, 0.3) is 66.4 Å². The number of benzene rings is 10. The zero-order valence-corrected chi connectivity index (χ0v) is 33.5. The van der Waals surface area contributed by atoms with Crippen LogP contribution >= 0.6 is 0 Å². The lowest BCUT2D eigenvalue weighted by Gasteiger charge is -2.35. The van der Waals surface area contributed by atoms with E-state index in [2.05, 4.69) is 36.4 Å². The smallest absolute Gasteiger partial charge is 0.143 e. The van der Waals surface area contributed by atoms with Crippen molar-refractivity contribution in [2.45, 2.75) is 5.41 Å². The van der Waals surface area contributed by atoms with Gasteiger partial charge in [-0.05, 0) is 92.0 Å². The first-order valence-corrected chi connectivity index (χ1v) is 20.6. The Hall–Kier alpha value is -8.20. The molecule has 12 rings (SSSR count). The van der Waals surface area contributed by atoms with Crippen molar-refractivity contribution in [3.8, 4) is 44.5 Å². The molecule has 2 heteroatoms. The van der Waals surface area contributed by atoms with Gasteiger partial charge in [0.15, 0.2) is 0 Å². The van der Waals surface area contributed by atoms with E-state index in [1.54, 1.807) is 4.90 Å². The highest BCUT2D eigenvalue weighted by atomic mass is 16.3. The average molecular weight is 817 g/mol. The van der Waals surface area contributed by atoms with Crippen molar-refractivity contribution in [1.82, 2.24) is 0 Å². The van der Waals surface area contributed by atoms with Crippen LogP contribution in [0.4, 0.5) is 17.1 Å². The van der Waals surface area contributed by atoms with E-state index in [1.165, 1.54) is 0 Å². The Balaban J connectivity index is 1.16. The fourth-order valence-electron chi connectivity index (χ4n) is 9.34. The maximum Gasteiger partial charge on any atom is 0.143 e. The summed E-state index contributed by atoms with van der Waals surface area (Å²) in [4.78, 5) is 1.66. The van der Waals surface area contributed by atoms with Crippen molar-refractivity contribution in [3.63, 3.8) is 0 Å². The Morgan fingerprint density at radius 2 is 0.968 bits per heavy atom. The lowest BCUT2D eigenvalue weighted by atomic mass is 9.67. The molecule has 1 aliphatic rings. The molecule has 0 fully saturated rings. The van der Waals surface area contributed by atoms with Crippen LogP contribution in [0.2, 0.25) is 0 Å². The van der Waals surface area contributed by atoms with Crippen LogP contribution in [0, 0.1) is 0 Å². The highest BCUT2D eigenvalue weighted by molar-refractivity contribution is 6.09. The molecule has 1 aromatic heterocycles. The third-order valence-electron chi connectivity index (χ3n) is 12.1. The molecule has 0 bridgehead atoms. The third-order valence-corrected chi connectivity index (χ3v) is 12.1. The standard InChI is InChI=1S/C61H41NO/c1-4-17-42(18-5-1)43-31-33-44(34-32-43)50-23-11-14-29-58(50)62(48-37-35-45(36-38-48)51-26-16-27-55-54-25-12-15-30-59(54)63-60(51)55)49-39-40-53-52-24-10-13-28-56(52)61(57(53)41-49,46-19-6-2-7-20-46)47-21-8-3-9-22-47/h1-41H/i1D,4D,5D,11D,14D,17D,18D,23D,29D,31D,32D,33D,34D. The van der Waals surface area contributed by atoms with Gasteiger partial charge >= 0.3 is 0 Å². The molecular weight excluding hydrogens is 763 g/mol. The molecule has 11 aromatic rings. The molecule has 0 unspecified atom stereocenters. The van der Waals surface area contributed by atoms with Crippen molar-refractivity contribution < 1.29 is 22.2 Å². The SMILES string of the molecule is [2H]c1c([2H])c([2H])c(-c2c([2H])c([2H])c(-c3c([2H])c([2H])c([2H])c([2H])c3N(c3ccc(-c4cccc5c4oc4ccccc45)cc3)c3ccc4c(c3)C(c3ccccc3)(c3ccccc3)c3ccccc3-4)c([2H])c2[2H])c([2H])c1[2H]. The number of furan rings is 1. The molecular formula is C61H41NO. The van der Waals surface area contributed by atoms with Gasteiger partial charge in [0, 0.05) is 33.3 Å². The summed E-state index contributed by atoms with van der Waals surface area (Å²) in [5, 5.41) is 1.89. The van der Waals surface area contributed by atoms with Crippen LogP contribution < -0.4 is 4.90 Å². The van der Waals surface area contributed by atoms with Crippen LogP contribution in [0.1, 0.15) is 40.1 Å². The number of para-hydroxylation sites is 3. The Labute approximate surface area is 385 Å². The van der Waals surface area contributed by atoms with Crippen LogP contribution in [-0.4, -0.2) is 0 Å². The van der Waals surface area contributed by atoms with E-state index < -0.39 is 101 Å². The van der Waals surface area contributed by atoms with Gasteiger partial charge in [-0.2, -0.15) is 0 Å². The number of hydrogen-bond donors (Lipinski definition) is 0. The van der Waals surface area contributed by atoms with E-state index >= 15 is 0 Å². The van der Waals surface area contributed by atoms with Crippen LogP contribution in [-0.2, 0) is 5.41 Å². The summed E-state index contributed by atoms with van der Waals surface area (Å²) in [7, 11) is 0. The molecule has 2 nitrogen and oxygen atoms in total. The minimum absolute atomic E-state index is 0.185. The quantitative estimate of drug-likeness (QED) is 0.152. The van der Waals surface area contributed by atoms with Gasteiger partial charge < -0.3 is 9.32 Å². The fraction of sp³-hybridized carbons (Fsp3) is 0.0164. The summed E-state index contributed by atoms with van der Waals surface area (Å²) in [6.45, 7) is 0. The maximum absolute atomic E-state index is 9.86. The first-order valence-electron chi connectivity index (χ1n) is 27.1. The first-order chi connectivity index (χ1) is 36.7. The van der Waals surface area contributed by atoms with Crippen molar-refractivity contribution in [2.24, 2.45) is 0 Å². The molecule has 1 aliphatic carbocycles. The predicted octanol–water partition coefficient (Wildman–Crippen LogP) is 16.4. The van der Waals surface area contributed by atoms with Crippen molar-refractivity contribution in [2.75, 3.05) is 4.90 Å². The van der Waals surface area contributed by atoms with Crippen LogP contribution in [0.5, 0.6) is 0 Å². The number of anilines is 3. The van der Waals surface area contributed by atoms with E-state index in [0.717, 1.165) is 60.9 Å². The summed E-state index contributed by atoms with van der Waals surface area (Å²) >= 11 is 0. The summed E-state index contributed by atoms with van der Waals surface area (Å²) in [6.07, 6.45) is 0. The summed E-state index contributed by atoms with van der Waals surface area (Å²) in [5.74, 6) is 0. The van der Waals surface area contributed by atoms with E-state index in [-0.39, 0.29) is 11.3 Å². The molecule has 1 heterocycles. The zero-order chi connectivity index (χ0) is 53.1. The fourth-order valence-corrected chi connectivity index (χ4v) is 9.34. The molecule has 63 heavy (non-hydrogen) atoms. The van der Waals surface area contributed by atoms with E-state index in [0.29, 0.717) is 17.0 Å². The maximum atomic E-state index is 9.86. The number of hydrogen-bond acceptors (Lipinski definition) is 2. The van der Waals surface area contributed by atoms with Gasteiger partial charge in [-0.1, -0.05) is 212 Å². The van der Waals surface area contributed by atoms with Gasteiger partial charge in [0.05, 0.1) is 28.9 Å². The monoisotopic (exact) mass is 816 g/mol. The average Bonchev–Trinajstić information content (AvgIpc) is 4.16. The predicted molar refractivity (Wildman–Crippen MR) is 262 cm³/mol. The molecule has 296 valence electrons. The topological polar surface area (TPSA) is 16.4 Å². The van der Waals surface area contributed by atoms with Crippen molar-refractivity contribution >= 4 is 39.0 Å². The second-order valence-corrected chi connectivity index (χ2v) is 15.4. The molecule has 0 radical (unpaired) electrons. The minimum atomic E-state index is -0.897. The van der Waals surface area contributed by atoms with E-state index in [1.807, 2.05) is 133 Å². The Bertz CT molecular complexity index is 4120. The molecule has 0 atom stereocenters. The van der Waals surface area contributed by atoms with Gasteiger partial charge in [0.2, 0.25) is 0 Å². The third kappa shape index (κ3) is 5.95. The highest BCUT2D eigenvalue weighted by Gasteiger charge is 2.46. The Kier molecular flexibility index (Phi) is 6.11. The molecule has 0 saturated heterocycles. The molecule has 0 aliphatic heterocycles. The van der Waals surface area contributed by atoms with Gasteiger partial charge in [-0.25, -0.2) is 0 Å². The summed E-state index contributed by atoms with van der Waals surface area (Å²) in [6, 6.07) is 46.4. The van der Waals surface area contributed by atoms with Crippen LogP contribution in [0.3, 0.4) is 0 Å². The van der Waals surface area contributed by atoms with Crippen molar-refractivity contribution in [1.29, 1.82) is 0 Å². The minimum Gasteiger partial charge on any atom is -0.455 e. The summed E-state index contributed by atoms with van der Waals surface area (Å²) < 4.78 is 125. The van der Waals surface area contributed by atoms with E-state index in [4.69, 9.17) is 12.6 Å². The van der Waals surface area contributed by atoms with Crippen LogP contribution in [0.15, 0.2) is 253 Å². The molecule has 10 aromatic carbocycles. The first kappa shape index (κ1) is 25.5. The highest BCUT2D eigenvalue weighted by Crippen LogP contribution is 2.57. The number of rotatable bonds is 8. The van der Waals surface area contributed by atoms with Gasteiger partial charge in [-0.3, -0.25) is 0 Å². The lowest BCUT2D eigenvalue weighted by Crippen LogP contribution is -2.28. The Morgan fingerprint density at radius 3 is 1.75 bits per heavy atom. The number of fused-ring (bicyclic) bond motifs is 6. The number of nitrogens with zero attached hydrogens (tertiary/aromatic N) is 1. The largest absolute Gasteiger partial charge is 0.455 e. The Morgan fingerprint density at radius 1 is 0.381 bits per heavy atom. The molecule has 0 saturated carbocycles. The van der Waals surface area contributed by atoms with Crippen molar-refractivity contribution in [3.05, 3.63) is 271 Å². The molecule has 0 amide bonds. The van der Waals surface area contributed by atoms with Gasteiger partial charge in [0.1, 0.15) is 11.2 Å². The van der Waals surface area contributed by atoms with E-state index in [9.17, 15) is 9.60 Å². The zero-order valence-electron chi connectivity index (χ0n) is 46.5. The van der Waals surface area contributed by atoms with Gasteiger partial charge in [0.25, 0.3) is 0 Å². The second kappa shape index (κ2) is 15.1.